The average Bonchev–Trinajstić information content (AvgIpc) is 2.23. The Balaban J connectivity index is 2.89. The number of hydrogen-bond acceptors (Lipinski definition) is 2. The number of halogens is 1. The fraction of sp³-hybridized carbons (Fsp3) is 0.333. The molecule has 0 aliphatic rings. The first kappa shape index (κ1) is 13.9. The molecule has 0 aliphatic carbocycles. The quantitative estimate of drug-likeness (QED) is 0.831. The molecule has 1 aromatic rings. The SMILES string of the molecule is Cc1ccc(NC(=O)C(C)(C)C(N)=S)cc1Cl. The molecular formula is C12H15ClN2OS. The molecule has 1 amide bonds. The minimum Gasteiger partial charge on any atom is -0.392 e. The summed E-state index contributed by atoms with van der Waals surface area (Å²) in [6.07, 6.45) is 0. The van der Waals surface area contributed by atoms with E-state index in [1.165, 1.54) is 0 Å². The normalized spacial score (nSPS) is 11.1. The van der Waals surface area contributed by atoms with E-state index in [9.17, 15) is 4.79 Å². The second kappa shape index (κ2) is 5.02. The largest absolute Gasteiger partial charge is 0.392 e. The van der Waals surface area contributed by atoms with E-state index in [1.54, 1.807) is 26.0 Å². The van der Waals surface area contributed by atoms with Gasteiger partial charge in [0.25, 0.3) is 0 Å². The summed E-state index contributed by atoms with van der Waals surface area (Å²) in [5.74, 6) is -0.245. The molecule has 0 atom stereocenters. The van der Waals surface area contributed by atoms with Gasteiger partial charge >= 0.3 is 0 Å². The topological polar surface area (TPSA) is 55.1 Å². The lowest BCUT2D eigenvalue weighted by atomic mass is 9.92. The van der Waals surface area contributed by atoms with Gasteiger partial charge in [0.1, 0.15) is 0 Å². The van der Waals surface area contributed by atoms with Crippen LogP contribution >= 0.6 is 23.8 Å². The van der Waals surface area contributed by atoms with E-state index in [-0.39, 0.29) is 10.9 Å². The van der Waals surface area contributed by atoms with Gasteiger partial charge in [0.2, 0.25) is 5.91 Å². The van der Waals surface area contributed by atoms with E-state index in [0.29, 0.717) is 10.7 Å². The Hall–Kier alpha value is -1.13. The van der Waals surface area contributed by atoms with Crippen LogP contribution in [0.3, 0.4) is 0 Å². The average molecular weight is 271 g/mol. The van der Waals surface area contributed by atoms with Crippen LogP contribution in [0.15, 0.2) is 18.2 Å². The van der Waals surface area contributed by atoms with E-state index >= 15 is 0 Å². The Bertz CT molecular complexity index is 472. The molecule has 3 N–H and O–H groups in total. The molecule has 0 fully saturated rings. The maximum atomic E-state index is 12.0. The molecule has 3 nitrogen and oxygen atoms in total. The van der Waals surface area contributed by atoms with Crippen LogP contribution in [0.1, 0.15) is 19.4 Å². The Morgan fingerprint density at radius 3 is 2.53 bits per heavy atom. The molecule has 0 aliphatic heterocycles. The number of benzene rings is 1. The second-order valence-corrected chi connectivity index (χ2v) is 5.25. The van der Waals surface area contributed by atoms with Gasteiger partial charge in [-0.15, -0.1) is 0 Å². The lowest BCUT2D eigenvalue weighted by Crippen LogP contribution is -2.41. The maximum Gasteiger partial charge on any atom is 0.236 e. The van der Waals surface area contributed by atoms with Crippen molar-refractivity contribution < 1.29 is 4.79 Å². The summed E-state index contributed by atoms with van der Waals surface area (Å²) in [6, 6.07) is 5.32. The first-order valence-electron chi connectivity index (χ1n) is 5.12. The summed E-state index contributed by atoms with van der Waals surface area (Å²) >= 11 is 10.8. The number of anilines is 1. The van der Waals surface area contributed by atoms with Crippen molar-refractivity contribution >= 4 is 40.4 Å². The van der Waals surface area contributed by atoms with Crippen LogP contribution in [0.4, 0.5) is 5.69 Å². The Labute approximate surface area is 111 Å². The molecule has 0 saturated heterocycles. The predicted octanol–water partition coefficient (Wildman–Crippen LogP) is 2.90. The van der Waals surface area contributed by atoms with Crippen LogP contribution in [0.2, 0.25) is 5.02 Å². The lowest BCUT2D eigenvalue weighted by molar-refractivity contribution is -0.121. The van der Waals surface area contributed by atoms with Crippen LogP contribution in [-0.4, -0.2) is 10.9 Å². The fourth-order valence-corrected chi connectivity index (χ4v) is 1.34. The maximum absolute atomic E-state index is 12.0. The number of thiocarbonyl (C=S) groups is 1. The molecule has 1 aromatic carbocycles. The molecule has 0 bridgehead atoms. The van der Waals surface area contributed by atoms with Gasteiger partial charge in [0.15, 0.2) is 0 Å². The van der Waals surface area contributed by atoms with Crippen LogP contribution in [0.5, 0.6) is 0 Å². The molecule has 0 saturated carbocycles. The van der Waals surface area contributed by atoms with Gasteiger partial charge in [0, 0.05) is 10.7 Å². The number of nitrogens with two attached hydrogens (primary N) is 1. The van der Waals surface area contributed by atoms with Crippen LogP contribution in [0, 0.1) is 12.3 Å². The molecule has 0 radical (unpaired) electrons. The third kappa shape index (κ3) is 3.17. The number of hydrogen-bond donors (Lipinski definition) is 2. The number of aryl methyl sites for hydroxylation is 1. The predicted molar refractivity (Wildman–Crippen MR) is 75.4 cm³/mol. The molecule has 0 heterocycles. The Morgan fingerprint density at radius 2 is 2.06 bits per heavy atom. The van der Waals surface area contributed by atoms with Crippen molar-refractivity contribution in [3.63, 3.8) is 0 Å². The highest BCUT2D eigenvalue weighted by Crippen LogP contribution is 2.23. The number of amides is 1. The standard InChI is InChI=1S/C12H15ClN2OS/c1-7-4-5-8(6-9(7)13)15-11(16)12(2,3)10(14)17/h4-6H,1-3H3,(H2,14,17)(H,15,16). The highest BCUT2D eigenvalue weighted by atomic mass is 35.5. The van der Waals surface area contributed by atoms with Gasteiger partial charge in [0.05, 0.1) is 10.4 Å². The summed E-state index contributed by atoms with van der Waals surface area (Å²) in [5, 5.41) is 3.35. The van der Waals surface area contributed by atoms with Gasteiger partial charge in [-0.3, -0.25) is 4.79 Å². The van der Waals surface area contributed by atoms with Crippen LogP contribution in [-0.2, 0) is 4.79 Å². The molecule has 5 heteroatoms. The summed E-state index contributed by atoms with van der Waals surface area (Å²) in [6.45, 7) is 5.26. The zero-order chi connectivity index (χ0) is 13.2. The number of rotatable bonds is 3. The Kier molecular flexibility index (Phi) is 4.11. The van der Waals surface area contributed by atoms with Crippen molar-refractivity contribution in [1.82, 2.24) is 0 Å². The van der Waals surface area contributed by atoms with Crippen LogP contribution < -0.4 is 11.1 Å². The summed E-state index contributed by atoms with van der Waals surface area (Å²) < 4.78 is 0. The zero-order valence-electron chi connectivity index (χ0n) is 10.0. The van der Waals surface area contributed by atoms with Gasteiger partial charge in [-0.2, -0.15) is 0 Å². The second-order valence-electron chi connectivity index (χ2n) is 4.41. The zero-order valence-corrected chi connectivity index (χ0v) is 11.6. The molecule has 1 rings (SSSR count). The summed E-state index contributed by atoms with van der Waals surface area (Å²) in [7, 11) is 0. The monoisotopic (exact) mass is 270 g/mol. The molecule has 0 spiro atoms. The van der Waals surface area contributed by atoms with Crippen LogP contribution in [0.25, 0.3) is 0 Å². The smallest absolute Gasteiger partial charge is 0.236 e. The highest BCUT2D eigenvalue weighted by Gasteiger charge is 2.30. The van der Waals surface area contributed by atoms with E-state index in [1.807, 2.05) is 13.0 Å². The van der Waals surface area contributed by atoms with Crippen molar-refractivity contribution in [2.75, 3.05) is 5.32 Å². The van der Waals surface area contributed by atoms with Crippen molar-refractivity contribution in [3.8, 4) is 0 Å². The third-order valence-corrected chi connectivity index (χ3v) is 3.53. The van der Waals surface area contributed by atoms with Gasteiger partial charge in [-0.25, -0.2) is 0 Å². The van der Waals surface area contributed by atoms with Crippen molar-refractivity contribution in [3.05, 3.63) is 28.8 Å². The van der Waals surface area contributed by atoms with Crippen molar-refractivity contribution in [2.24, 2.45) is 11.1 Å². The third-order valence-electron chi connectivity index (χ3n) is 2.61. The molecule has 92 valence electrons. The van der Waals surface area contributed by atoms with Crippen molar-refractivity contribution in [2.45, 2.75) is 20.8 Å². The molecule has 17 heavy (non-hydrogen) atoms. The minimum atomic E-state index is -0.882. The highest BCUT2D eigenvalue weighted by molar-refractivity contribution is 7.80. The lowest BCUT2D eigenvalue weighted by Gasteiger charge is -2.22. The molecule has 0 unspecified atom stereocenters. The molecular weight excluding hydrogens is 256 g/mol. The van der Waals surface area contributed by atoms with Gasteiger partial charge in [-0.1, -0.05) is 29.9 Å². The number of carbonyl (C=O) groups is 1. The molecule has 0 aromatic heterocycles. The van der Waals surface area contributed by atoms with Crippen molar-refractivity contribution in [1.29, 1.82) is 0 Å². The van der Waals surface area contributed by atoms with E-state index in [0.717, 1.165) is 5.56 Å². The minimum absolute atomic E-state index is 0.160. The van der Waals surface area contributed by atoms with E-state index in [2.05, 4.69) is 5.32 Å². The summed E-state index contributed by atoms with van der Waals surface area (Å²) in [5.41, 5.74) is 6.23. The number of nitrogens with one attached hydrogen (secondary N) is 1. The first-order valence-corrected chi connectivity index (χ1v) is 5.91. The van der Waals surface area contributed by atoms with E-state index in [4.69, 9.17) is 29.6 Å². The number of carbonyl (C=O) groups excluding carboxylic acids is 1. The van der Waals surface area contributed by atoms with Gasteiger partial charge < -0.3 is 11.1 Å². The van der Waals surface area contributed by atoms with Gasteiger partial charge in [-0.05, 0) is 38.5 Å². The Morgan fingerprint density at radius 1 is 1.47 bits per heavy atom. The summed E-state index contributed by atoms with van der Waals surface area (Å²) in [4.78, 5) is 12.1. The fourth-order valence-electron chi connectivity index (χ4n) is 1.07. The van der Waals surface area contributed by atoms with E-state index < -0.39 is 5.41 Å². The first-order chi connectivity index (χ1) is 7.75.